The van der Waals surface area contributed by atoms with E-state index in [0.717, 1.165) is 12.1 Å². The minimum atomic E-state index is -5.32. The van der Waals surface area contributed by atoms with Gasteiger partial charge in [-0.2, -0.15) is 13.2 Å². The molecule has 0 aliphatic heterocycles. The number of halogens is 3. The van der Waals surface area contributed by atoms with Crippen molar-refractivity contribution < 1.29 is 27.6 Å². The van der Waals surface area contributed by atoms with Crippen LogP contribution in [0.1, 0.15) is 10.4 Å². The highest BCUT2D eigenvalue weighted by Gasteiger charge is 2.45. The molecule has 0 fully saturated rings. The second-order valence-corrected chi connectivity index (χ2v) is 2.85. The lowest BCUT2D eigenvalue weighted by atomic mass is 10.0. The quantitative estimate of drug-likeness (QED) is 0.450. The molecule has 3 nitrogen and oxygen atoms in total. The Morgan fingerprint density at radius 2 is 1.44 bits per heavy atom. The van der Waals surface area contributed by atoms with Gasteiger partial charge in [-0.25, -0.2) is 0 Å². The zero-order chi connectivity index (χ0) is 12.3. The van der Waals surface area contributed by atoms with Crippen molar-refractivity contribution in [3.05, 3.63) is 35.9 Å². The molecule has 0 unspecified atom stereocenters. The number of benzene rings is 1. The molecule has 0 heterocycles. The third-order valence-corrected chi connectivity index (χ3v) is 1.71. The van der Waals surface area contributed by atoms with Crippen LogP contribution in [0.5, 0.6) is 0 Å². The van der Waals surface area contributed by atoms with Gasteiger partial charge >= 0.3 is 12.0 Å². The summed E-state index contributed by atoms with van der Waals surface area (Å²) in [7, 11) is 0. The summed E-state index contributed by atoms with van der Waals surface area (Å²) in [5.41, 5.74) is -0.245. The van der Waals surface area contributed by atoms with Crippen molar-refractivity contribution in [3.63, 3.8) is 0 Å². The highest BCUT2D eigenvalue weighted by molar-refractivity contribution is 6.67. The van der Waals surface area contributed by atoms with E-state index in [1.165, 1.54) is 18.2 Å². The highest BCUT2D eigenvalue weighted by atomic mass is 19.4. The van der Waals surface area contributed by atoms with Gasteiger partial charge in [0.05, 0.1) is 0 Å². The summed E-state index contributed by atoms with van der Waals surface area (Å²) >= 11 is 0. The van der Waals surface area contributed by atoms with Crippen molar-refractivity contribution >= 4 is 17.3 Å². The van der Waals surface area contributed by atoms with Crippen LogP contribution in [0.2, 0.25) is 0 Å². The van der Waals surface area contributed by atoms with E-state index in [4.69, 9.17) is 0 Å². The molecule has 1 aromatic carbocycles. The van der Waals surface area contributed by atoms with Gasteiger partial charge in [-0.15, -0.1) is 0 Å². The Labute approximate surface area is 87.9 Å². The summed E-state index contributed by atoms with van der Waals surface area (Å²) in [5, 5.41) is 0. The van der Waals surface area contributed by atoms with Crippen LogP contribution in [0.15, 0.2) is 30.3 Å². The van der Waals surface area contributed by atoms with Gasteiger partial charge in [-0.3, -0.25) is 14.4 Å². The largest absolute Gasteiger partial charge is 0.458 e. The predicted molar refractivity (Wildman–Crippen MR) is 46.8 cm³/mol. The van der Waals surface area contributed by atoms with Crippen molar-refractivity contribution in [2.24, 2.45) is 0 Å². The Bertz CT molecular complexity index is 434. The molecule has 0 spiro atoms. The highest BCUT2D eigenvalue weighted by Crippen LogP contribution is 2.17. The van der Waals surface area contributed by atoms with Gasteiger partial charge in [0.25, 0.3) is 5.78 Å². The van der Waals surface area contributed by atoms with E-state index in [2.05, 4.69) is 0 Å². The fourth-order valence-corrected chi connectivity index (χ4v) is 0.952. The van der Waals surface area contributed by atoms with Crippen LogP contribution in [0.4, 0.5) is 13.2 Å². The van der Waals surface area contributed by atoms with Crippen LogP contribution in [-0.4, -0.2) is 23.5 Å². The van der Waals surface area contributed by atoms with Gasteiger partial charge < -0.3 is 0 Å². The van der Waals surface area contributed by atoms with Crippen LogP contribution in [0.3, 0.4) is 0 Å². The average molecular weight is 230 g/mol. The molecule has 0 bridgehead atoms. The zero-order valence-electron chi connectivity index (χ0n) is 7.75. The van der Waals surface area contributed by atoms with E-state index in [-0.39, 0.29) is 5.56 Å². The molecule has 0 N–H and O–H groups in total. The second-order valence-electron chi connectivity index (χ2n) is 2.85. The molecule has 0 radical (unpaired) electrons. The summed E-state index contributed by atoms with van der Waals surface area (Å²) in [6.07, 6.45) is -5.32. The molecule has 0 aliphatic carbocycles. The molecule has 0 aromatic heterocycles. The van der Waals surface area contributed by atoms with E-state index in [0.29, 0.717) is 0 Å². The fraction of sp³-hybridized carbons (Fsp3) is 0.100. The first-order valence-corrected chi connectivity index (χ1v) is 4.09. The van der Waals surface area contributed by atoms with Crippen molar-refractivity contribution in [1.82, 2.24) is 0 Å². The summed E-state index contributed by atoms with van der Waals surface area (Å²) in [4.78, 5) is 32.5. The number of ketones is 3. The standard InChI is InChI=1S/C10H5F3O3/c11-10(12,13)9(16)8(15)7(14)6-4-2-1-3-5-6/h1-5H. The molecule has 0 aliphatic rings. The maximum Gasteiger partial charge on any atom is 0.458 e. The van der Waals surface area contributed by atoms with Crippen LogP contribution < -0.4 is 0 Å². The lowest BCUT2D eigenvalue weighted by Crippen LogP contribution is -2.35. The van der Waals surface area contributed by atoms with E-state index in [1.807, 2.05) is 0 Å². The summed E-state index contributed by atoms with van der Waals surface area (Å²) in [5.74, 6) is -6.18. The number of carbonyl (C=O) groups is 3. The number of hydrogen-bond donors (Lipinski definition) is 0. The third kappa shape index (κ3) is 2.53. The van der Waals surface area contributed by atoms with Crippen LogP contribution in [0.25, 0.3) is 0 Å². The molecule has 0 saturated heterocycles. The summed E-state index contributed by atoms with van der Waals surface area (Å²) < 4.78 is 35.6. The van der Waals surface area contributed by atoms with E-state index in [1.54, 1.807) is 0 Å². The second kappa shape index (κ2) is 4.26. The molecule has 84 valence electrons. The van der Waals surface area contributed by atoms with Crippen LogP contribution in [-0.2, 0) is 9.59 Å². The minimum Gasteiger partial charge on any atom is -0.285 e. The molecule has 0 saturated carbocycles. The van der Waals surface area contributed by atoms with Gasteiger partial charge in [0, 0.05) is 5.56 Å². The molecule has 0 amide bonds. The zero-order valence-corrected chi connectivity index (χ0v) is 7.75. The Balaban J connectivity index is 2.93. The molecular formula is C10H5F3O3. The Hall–Kier alpha value is -1.98. The van der Waals surface area contributed by atoms with E-state index >= 15 is 0 Å². The normalized spacial score (nSPS) is 10.9. The number of alkyl halides is 3. The van der Waals surface area contributed by atoms with E-state index < -0.39 is 23.5 Å². The van der Waals surface area contributed by atoms with Crippen LogP contribution >= 0.6 is 0 Å². The summed E-state index contributed by atoms with van der Waals surface area (Å²) in [6, 6.07) is 6.58. The third-order valence-electron chi connectivity index (χ3n) is 1.71. The molecule has 0 atom stereocenters. The molecule has 1 aromatic rings. The molecule has 16 heavy (non-hydrogen) atoms. The number of carbonyl (C=O) groups excluding carboxylic acids is 3. The lowest BCUT2D eigenvalue weighted by Gasteiger charge is -2.02. The van der Waals surface area contributed by atoms with Crippen molar-refractivity contribution in [1.29, 1.82) is 0 Å². The van der Waals surface area contributed by atoms with Crippen LogP contribution in [0, 0.1) is 0 Å². The maximum absolute atomic E-state index is 11.9. The summed E-state index contributed by atoms with van der Waals surface area (Å²) in [6.45, 7) is 0. The first-order chi connectivity index (χ1) is 7.34. The molecule has 1 rings (SSSR count). The average Bonchev–Trinajstić information content (AvgIpc) is 2.26. The smallest absolute Gasteiger partial charge is 0.285 e. The topological polar surface area (TPSA) is 51.2 Å². The Morgan fingerprint density at radius 1 is 0.938 bits per heavy atom. The fourth-order valence-electron chi connectivity index (χ4n) is 0.952. The predicted octanol–water partition coefficient (Wildman–Crippen LogP) is 1.57. The lowest BCUT2D eigenvalue weighted by molar-refractivity contribution is -0.173. The first kappa shape index (κ1) is 12.1. The van der Waals surface area contributed by atoms with Gasteiger partial charge in [-0.05, 0) is 0 Å². The van der Waals surface area contributed by atoms with Gasteiger partial charge in [0.2, 0.25) is 5.78 Å². The number of rotatable bonds is 3. The van der Waals surface area contributed by atoms with Gasteiger partial charge in [0.15, 0.2) is 0 Å². The first-order valence-electron chi connectivity index (χ1n) is 4.09. The molecule has 6 heteroatoms. The number of hydrogen-bond acceptors (Lipinski definition) is 3. The van der Waals surface area contributed by atoms with Gasteiger partial charge in [0.1, 0.15) is 0 Å². The van der Waals surface area contributed by atoms with E-state index in [9.17, 15) is 27.6 Å². The number of Topliss-reactive ketones (excluding diaryl/α,β-unsaturated/α-hetero) is 3. The van der Waals surface area contributed by atoms with Crippen molar-refractivity contribution in [3.8, 4) is 0 Å². The Kier molecular flexibility index (Phi) is 3.22. The Morgan fingerprint density at radius 3 is 1.88 bits per heavy atom. The minimum absolute atomic E-state index is 0.245. The maximum atomic E-state index is 11.9. The SMILES string of the molecule is O=C(C(=O)c1ccccc1)C(=O)C(F)(F)F. The monoisotopic (exact) mass is 230 g/mol. The van der Waals surface area contributed by atoms with Crippen molar-refractivity contribution in [2.75, 3.05) is 0 Å². The van der Waals surface area contributed by atoms with Gasteiger partial charge in [-0.1, -0.05) is 30.3 Å². The molecular weight excluding hydrogens is 225 g/mol. The van der Waals surface area contributed by atoms with Crippen molar-refractivity contribution in [2.45, 2.75) is 6.18 Å².